The lowest BCUT2D eigenvalue weighted by molar-refractivity contribution is 0.0369. The van der Waals surface area contributed by atoms with Gasteiger partial charge in [-0.05, 0) is 31.0 Å². The van der Waals surface area contributed by atoms with Gasteiger partial charge >= 0.3 is 0 Å². The Labute approximate surface area is 145 Å². The van der Waals surface area contributed by atoms with Crippen molar-refractivity contribution in [3.05, 3.63) is 40.2 Å². The van der Waals surface area contributed by atoms with Crippen molar-refractivity contribution in [2.24, 2.45) is 0 Å². The molecule has 0 atom stereocenters. The highest BCUT2D eigenvalue weighted by Crippen LogP contribution is 2.20. The lowest BCUT2D eigenvalue weighted by Gasteiger charge is -2.26. The fourth-order valence-electron chi connectivity index (χ4n) is 3.46. The highest BCUT2D eigenvalue weighted by Gasteiger charge is 2.14. The first-order chi connectivity index (χ1) is 12.1. The van der Waals surface area contributed by atoms with E-state index >= 15 is 0 Å². The monoisotopic (exact) mass is 341 g/mol. The largest absolute Gasteiger partial charge is 0.385 e. The third-order valence-corrected chi connectivity index (χ3v) is 4.79. The molecule has 0 radical (unpaired) electrons. The molecular formula is C18H23N5O2. The second-order valence-corrected chi connectivity index (χ2v) is 6.61. The minimum Gasteiger partial charge on any atom is -0.385 e. The highest BCUT2D eigenvalue weighted by molar-refractivity contribution is 5.81. The van der Waals surface area contributed by atoms with Crippen LogP contribution in [0.4, 0.5) is 5.82 Å². The molecule has 0 saturated carbocycles. The number of aryl methyl sites for hydroxylation is 2. The van der Waals surface area contributed by atoms with Gasteiger partial charge in [-0.1, -0.05) is 6.07 Å². The molecule has 3 aromatic rings. The topological polar surface area (TPSA) is 77.8 Å². The molecule has 3 heterocycles. The number of fused-ring (bicyclic) bond motifs is 3. The maximum Gasteiger partial charge on any atom is 0.256 e. The first kappa shape index (κ1) is 16.1. The number of hydrogen-bond acceptors (Lipinski definition) is 5. The van der Waals surface area contributed by atoms with Crippen LogP contribution in [-0.4, -0.2) is 51.7 Å². The Morgan fingerprint density at radius 3 is 2.80 bits per heavy atom. The summed E-state index contributed by atoms with van der Waals surface area (Å²) in [7, 11) is 0. The van der Waals surface area contributed by atoms with Gasteiger partial charge in [0.2, 0.25) is 5.78 Å². The van der Waals surface area contributed by atoms with Crippen LogP contribution >= 0.6 is 0 Å². The van der Waals surface area contributed by atoms with Crippen molar-refractivity contribution in [3.8, 4) is 0 Å². The van der Waals surface area contributed by atoms with Gasteiger partial charge in [0.25, 0.3) is 5.56 Å². The van der Waals surface area contributed by atoms with Crippen LogP contribution in [-0.2, 0) is 11.3 Å². The molecule has 1 aliphatic rings. The minimum atomic E-state index is -0.0981. The second-order valence-electron chi connectivity index (χ2n) is 6.61. The van der Waals surface area contributed by atoms with Gasteiger partial charge < -0.3 is 10.5 Å². The Morgan fingerprint density at radius 2 is 2.00 bits per heavy atom. The molecule has 132 valence electrons. The fourth-order valence-corrected chi connectivity index (χ4v) is 3.46. The predicted octanol–water partition coefficient (Wildman–Crippen LogP) is 1.26. The van der Waals surface area contributed by atoms with Gasteiger partial charge in [0.15, 0.2) is 0 Å². The van der Waals surface area contributed by atoms with E-state index in [1.165, 1.54) is 6.07 Å². The summed E-state index contributed by atoms with van der Waals surface area (Å²) >= 11 is 0. The number of morpholine rings is 1. The molecule has 7 heteroatoms. The summed E-state index contributed by atoms with van der Waals surface area (Å²) in [5.74, 6) is 1.05. The summed E-state index contributed by atoms with van der Waals surface area (Å²) in [4.78, 5) is 19.5. The average Bonchev–Trinajstić information content (AvgIpc) is 2.97. The first-order valence-corrected chi connectivity index (χ1v) is 8.72. The molecular weight excluding hydrogens is 318 g/mol. The number of nitrogens with zero attached hydrogens (tertiary/aromatic N) is 4. The van der Waals surface area contributed by atoms with E-state index in [4.69, 9.17) is 10.5 Å². The van der Waals surface area contributed by atoms with Crippen molar-refractivity contribution in [1.29, 1.82) is 0 Å². The van der Waals surface area contributed by atoms with Crippen LogP contribution in [0.25, 0.3) is 16.8 Å². The van der Waals surface area contributed by atoms with E-state index in [0.29, 0.717) is 18.1 Å². The zero-order valence-electron chi connectivity index (χ0n) is 14.4. The molecule has 0 unspecified atom stereocenters. The third-order valence-electron chi connectivity index (χ3n) is 4.79. The zero-order chi connectivity index (χ0) is 17.4. The van der Waals surface area contributed by atoms with Crippen LogP contribution in [0.15, 0.2) is 29.1 Å². The van der Waals surface area contributed by atoms with Gasteiger partial charge in [0, 0.05) is 32.2 Å². The molecule has 1 aromatic carbocycles. The number of nitrogen functional groups attached to an aromatic ring is 1. The second kappa shape index (κ2) is 6.50. The van der Waals surface area contributed by atoms with Gasteiger partial charge in [-0.2, -0.15) is 0 Å². The molecule has 4 rings (SSSR count). The number of benzene rings is 1. The molecule has 0 aliphatic carbocycles. The SMILES string of the molecule is Cc1ccc2nc3n(CCCN4CCOCC4)c(=O)cc(N)n3c2c1. The number of ether oxygens (including phenoxy) is 1. The van der Waals surface area contributed by atoms with Crippen molar-refractivity contribution < 1.29 is 4.74 Å². The average molecular weight is 341 g/mol. The lowest BCUT2D eigenvalue weighted by atomic mass is 10.2. The summed E-state index contributed by atoms with van der Waals surface area (Å²) in [6.07, 6.45) is 0.891. The highest BCUT2D eigenvalue weighted by atomic mass is 16.5. The van der Waals surface area contributed by atoms with Gasteiger partial charge in [0.05, 0.1) is 24.2 Å². The molecule has 0 spiro atoms. The number of nitrogens with two attached hydrogens (primary N) is 1. The van der Waals surface area contributed by atoms with Crippen molar-refractivity contribution in [3.63, 3.8) is 0 Å². The normalized spacial score (nSPS) is 16.0. The van der Waals surface area contributed by atoms with Crippen LogP contribution in [0.5, 0.6) is 0 Å². The summed E-state index contributed by atoms with van der Waals surface area (Å²) < 4.78 is 8.98. The number of imidazole rings is 1. The van der Waals surface area contributed by atoms with E-state index < -0.39 is 0 Å². The molecule has 0 amide bonds. The molecule has 0 bridgehead atoms. The van der Waals surface area contributed by atoms with E-state index in [1.807, 2.05) is 29.5 Å². The maximum absolute atomic E-state index is 12.5. The van der Waals surface area contributed by atoms with Gasteiger partial charge in [-0.15, -0.1) is 0 Å². The van der Waals surface area contributed by atoms with Gasteiger partial charge in [-0.3, -0.25) is 18.7 Å². The van der Waals surface area contributed by atoms with Gasteiger partial charge in [0.1, 0.15) is 5.82 Å². The van der Waals surface area contributed by atoms with Crippen LogP contribution in [0.1, 0.15) is 12.0 Å². The van der Waals surface area contributed by atoms with E-state index in [0.717, 1.165) is 55.9 Å². The zero-order valence-corrected chi connectivity index (χ0v) is 14.4. The quantitative estimate of drug-likeness (QED) is 0.773. The van der Waals surface area contributed by atoms with E-state index in [-0.39, 0.29) is 5.56 Å². The van der Waals surface area contributed by atoms with Crippen molar-refractivity contribution in [1.82, 2.24) is 18.9 Å². The fraction of sp³-hybridized carbons (Fsp3) is 0.444. The Hall–Kier alpha value is -2.38. The molecule has 7 nitrogen and oxygen atoms in total. The Morgan fingerprint density at radius 1 is 1.20 bits per heavy atom. The predicted molar refractivity (Wildman–Crippen MR) is 98.0 cm³/mol. The van der Waals surface area contributed by atoms with Crippen LogP contribution in [0, 0.1) is 6.92 Å². The van der Waals surface area contributed by atoms with E-state index in [1.54, 1.807) is 4.57 Å². The third kappa shape index (κ3) is 3.01. The lowest BCUT2D eigenvalue weighted by Crippen LogP contribution is -2.37. The summed E-state index contributed by atoms with van der Waals surface area (Å²) in [6, 6.07) is 7.53. The Balaban J connectivity index is 1.68. The Kier molecular flexibility index (Phi) is 4.19. The molecule has 25 heavy (non-hydrogen) atoms. The summed E-state index contributed by atoms with van der Waals surface area (Å²) in [5, 5.41) is 0. The van der Waals surface area contributed by atoms with Crippen molar-refractivity contribution in [2.75, 3.05) is 38.6 Å². The molecule has 1 fully saturated rings. The smallest absolute Gasteiger partial charge is 0.256 e. The van der Waals surface area contributed by atoms with Crippen LogP contribution < -0.4 is 11.3 Å². The standard InChI is InChI=1S/C18H23N5O2/c1-13-3-4-14-15(11-13)23-16(19)12-17(24)22(18(23)20-14)6-2-5-21-7-9-25-10-8-21/h3-4,11-12H,2,5-10,19H2,1H3. The Bertz CT molecular complexity index is 969. The van der Waals surface area contributed by atoms with Crippen molar-refractivity contribution >= 4 is 22.6 Å². The molecule has 2 N–H and O–H groups in total. The molecule has 1 aliphatic heterocycles. The summed E-state index contributed by atoms with van der Waals surface area (Å²) in [5.41, 5.74) is 8.95. The first-order valence-electron chi connectivity index (χ1n) is 8.72. The number of hydrogen-bond donors (Lipinski definition) is 1. The summed E-state index contributed by atoms with van der Waals surface area (Å²) in [6.45, 7) is 7.10. The number of rotatable bonds is 4. The van der Waals surface area contributed by atoms with Crippen LogP contribution in [0.2, 0.25) is 0 Å². The number of anilines is 1. The van der Waals surface area contributed by atoms with Crippen LogP contribution in [0.3, 0.4) is 0 Å². The van der Waals surface area contributed by atoms with Crippen molar-refractivity contribution in [2.45, 2.75) is 19.9 Å². The maximum atomic E-state index is 12.5. The number of aromatic nitrogens is 3. The van der Waals surface area contributed by atoms with E-state index in [2.05, 4.69) is 9.88 Å². The molecule has 1 saturated heterocycles. The molecule has 2 aromatic heterocycles. The minimum absolute atomic E-state index is 0.0981. The van der Waals surface area contributed by atoms with Gasteiger partial charge in [-0.25, -0.2) is 4.98 Å². The van der Waals surface area contributed by atoms with E-state index in [9.17, 15) is 4.79 Å².